The molecule has 1 rings (SSSR count). The van der Waals surface area contributed by atoms with Gasteiger partial charge in [0.25, 0.3) is 0 Å². The van der Waals surface area contributed by atoms with E-state index >= 15 is 0 Å². The van der Waals surface area contributed by atoms with Crippen LogP contribution in [0.4, 0.5) is 0 Å². The number of unbranched alkanes of at least 4 members (excludes halogenated alkanes) is 1. The highest BCUT2D eigenvalue weighted by atomic mass is 35.5. The van der Waals surface area contributed by atoms with E-state index in [9.17, 15) is 8.42 Å². The standard InChI is InChI=1S/C11H12ClNO2S/c12-11-5-3-4-10(8-11)9-16(14,15)7-2-1-6-13/h3-5,8H,1-2,7,9H2. The number of halogens is 1. The lowest BCUT2D eigenvalue weighted by Crippen LogP contribution is -2.09. The van der Waals surface area contributed by atoms with Gasteiger partial charge in [0.1, 0.15) is 0 Å². The van der Waals surface area contributed by atoms with Gasteiger partial charge in [-0.25, -0.2) is 8.42 Å². The summed E-state index contributed by atoms with van der Waals surface area (Å²) in [5, 5.41) is 8.86. The van der Waals surface area contributed by atoms with Gasteiger partial charge in [0.2, 0.25) is 0 Å². The van der Waals surface area contributed by atoms with Crippen molar-refractivity contribution in [1.82, 2.24) is 0 Å². The van der Waals surface area contributed by atoms with Gasteiger partial charge in [-0.2, -0.15) is 5.26 Å². The zero-order valence-electron chi connectivity index (χ0n) is 8.69. The van der Waals surface area contributed by atoms with Gasteiger partial charge in [-0.15, -0.1) is 0 Å². The summed E-state index contributed by atoms with van der Waals surface area (Å²) in [6.07, 6.45) is 0.661. The molecule has 0 aromatic heterocycles. The summed E-state index contributed by atoms with van der Waals surface area (Å²) in [6, 6.07) is 8.73. The fourth-order valence-corrected chi connectivity index (χ4v) is 2.95. The van der Waals surface area contributed by atoms with Gasteiger partial charge in [0.05, 0.1) is 17.6 Å². The number of nitrogens with zero attached hydrogens (tertiary/aromatic N) is 1. The van der Waals surface area contributed by atoms with Gasteiger partial charge in [-0.3, -0.25) is 0 Å². The summed E-state index contributed by atoms with van der Waals surface area (Å²) in [4.78, 5) is 0. The second-order valence-electron chi connectivity index (χ2n) is 3.48. The minimum Gasteiger partial charge on any atom is -0.228 e. The smallest absolute Gasteiger partial charge is 0.154 e. The molecule has 5 heteroatoms. The maximum Gasteiger partial charge on any atom is 0.154 e. The Bertz CT molecular complexity index is 491. The van der Waals surface area contributed by atoms with Gasteiger partial charge in [0.15, 0.2) is 9.84 Å². The largest absolute Gasteiger partial charge is 0.228 e. The van der Waals surface area contributed by atoms with Crippen LogP contribution in [0.1, 0.15) is 18.4 Å². The fourth-order valence-electron chi connectivity index (χ4n) is 1.32. The third kappa shape index (κ3) is 4.65. The summed E-state index contributed by atoms with van der Waals surface area (Å²) in [6.45, 7) is 0. The minimum atomic E-state index is -3.13. The number of rotatable bonds is 5. The number of hydrogen-bond donors (Lipinski definition) is 0. The number of nitriles is 1. The molecule has 0 aliphatic rings. The van der Waals surface area contributed by atoms with Crippen LogP contribution in [0.2, 0.25) is 5.02 Å². The molecule has 0 saturated heterocycles. The second-order valence-corrected chi connectivity index (χ2v) is 6.10. The van der Waals surface area contributed by atoms with Crippen LogP contribution < -0.4 is 0 Å². The lowest BCUT2D eigenvalue weighted by atomic mass is 10.2. The summed E-state index contributed by atoms with van der Waals surface area (Å²) in [7, 11) is -3.13. The lowest BCUT2D eigenvalue weighted by molar-refractivity contribution is 0.593. The van der Waals surface area contributed by atoms with Crippen LogP contribution in [0.3, 0.4) is 0 Å². The molecule has 0 aliphatic carbocycles. The minimum absolute atomic E-state index is 0.0149. The highest BCUT2D eigenvalue weighted by Gasteiger charge is 2.11. The molecular weight excluding hydrogens is 246 g/mol. The van der Waals surface area contributed by atoms with Gasteiger partial charge >= 0.3 is 0 Å². The van der Waals surface area contributed by atoms with Crippen molar-refractivity contribution in [3.8, 4) is 6.07 Å². The van der Waals surface area contributed by atoms with Crippen molar-refractivity contribution in [2.45, 2.75) is 18.6 Å². The first-order valence-corrected chi connectivity index (χ1v) is 7.05. The molecule has 0 unspecified atom stereocenters. The van der Waals surface area contributed by atoms with E-state index in [0.29, 0.717) is 17.0 Å². The van der Waals surface area contributed by atoms with E-state index in [1.165, 1.54) is 0 Å². The molecular formula is C11H12ClNO2S. The Balaban J connectivity index is 2.63. The molecule has 0 radical (unpaired) electrons. The van der Waals surface area contributed by atoms with Crippen LogP contribution in [0.5, 0.6) is 0 Å². The normalized spacial score (nSPS) is 11.0. The van der Waals surface area contributed by atoms with E-state index in [2.05, 4.69) is 0 Å². The number of hydrogen-bond acceptors (Lipinski definition) is 3. The van der Waals surface area contributed by atoms with Crippen LogP contribution >= 0.6 is 11.6 Å². The van der Waals surface area contributed by atoms with Gasteiger partial charge in [0, 0.05) is 11.4 Å². The molecule has 1 aromatic rings. The Hall–Kier alpha value is -1.05. The zero-order chi connectivity index (χ0) is 12.0. The van der Waals surface area contributed by atoms with Crippen LogP contribution in [0, 0.1) is 11.3 Å². The first-order valence-electron chi connectivity index (χ1n) is 4.85. The average Bonchev–Trinajstić information content (AvgIpc) is 2.17. The van der Waals surface area contributed by atoms with Gasteiger partial charge < -0.3 is 0 Å². The fraction of sp³-hybridized carbons (Fsp3) is 0.364. The molecule has 0 heterocycles. The quantitative estimate of drug-likeness (QED) is 0.762. The SMILES string of the molecule is N#CCCCS(=O)(=O)Cc1cccc(Cl)c1. The summed E-state index contributed by atoms with van der Waals surface area (Å²) < 4.78 is 23.3. The molecule has 0 fully saturated rings. The van der Waals surface area contributed by atoms with E-state index in [-0.39, 0.29) is 17.9 Å². The van der Waals surface area contributed by atoms with Crippen molar-refractivity contribution in [1.29, 1.82) is 5.26 Å². The second kappa shape index (κ2) is 5.88. The Kier molecular flexibility index (Phi) is 4.78. The third-order valence-electron chi connectivity index (χ3n) is 2.02. The number of sulfone groups is 1. The Morgan fingerprint density at radius 1 is 1.38 bits per heavy atom. The lowest BCUT2D eigenvalue weighted by Gasteiger charge is -2.03. The number of benzene rings is 1. The summed E-state index contributed by atoms with van der Waals surface area (Å²) >= 11 is 5.76. The molecule has 1 aromatic carbocycles. The van der Waals surface area contributed by atoms with E-state index in [0.717, 1.165) is 0 Å². The van der Waals surface area contributed by atoms with Crippen molar-refractivity contribution in [3.05, 3.63) is 34.9 Å². The van der Waals surface area contributed by atoms with Gasteiger partial charge in [-0.05, 0) is 24.1 Å². The van der Waals surface area contributed by atoms with Crippen molar-refractivity contribution >= 4 is 21.4 Å². The zero-order valence-corrected chi connectivity index (χ0v) is 10.3. The van der Waals surface area contributed by atoms with Crippen molar-refractivity contribution in [2.75, 3.05) is 5.75 Å². The van der Waals surface area contributed by atoms with Gasteiger partial charge in [-0.1, -0.05) is 23.7 Å². The van der Waals surface area contributed by atoms with Crippen LogP contribution in [-0.4, -0.2) is 14.2 Å². The van der Waals surface area contributed by atoms with E-state index in [4.69, 9.17) is 16.9 Å². The molecule has 0 atom stereocenters. The topological polar surface area (TPSA) is 57.9 Å². The van der Waals surface area contributed by atoms with E-state index < -0.39 is 9.84 Å². The van der Waals surface area contributed by atoms with E-state index in [1.54, 1.807) is 24.3 Å². The molecule has 0 spiro atoms. The molecule has 16 heavy (non-hydrogen) atoms. The predicted octanol–water partition coefficient (Wildman–Crippen LogP) is 2.56. The molecule has 0 amide bonds. The predicted molar refractivity (Wildman–Crippen MR) is 63.8 cm³/mol. The highest BCUT2D eigenvalue weighted by Crippen LogP contribution is 2.14. The molecule has 0 N–H and O–H groups in total. The molecule has 86 valence electrons. The van der Waals surface area contributed by atoms with Crippen molar-refractivity contribution < 1.29 is 8.42 Å². The average molecular weight is 258 g/mol. The Morgan fingerprint density at radius 2 is 2.12 bits per heavy atom. The first-order chi connectivity index (χ1) is 7.53. The van der Waals surface area contributed by atoms with Crippen LogP contribution in [-0.2, 0) is 15.6 Å². The Morgan fingerprint density at radius 3 is 2.75 bits per heavy atom. The van der Waals surface area contributed by atoms with Crippen LogP contribution in [0.25, 0.3) is 0 Å². The van der Waals surface area contributed by atoms with E-state index in [1.807, 2.05) is 6.07 Å². The molecule has 3 nitrogen and oxygen atoms in total. The molecule has 0 bridgehead atoms. The Labute approximate surface area is 101 Å². The summed E-state index contributed by atoms with van der Waals surface area (Å²) in [5.41, 5.74) is 0.685. The van der Waals surface area contributed by atoms with Crippen LogP contribution in [0.15, 0.2) is 24.3 Å². The highest BCUT2D eigenvalue weighted by molar-refractivity contribution is 7.90. The monoisotopic (exact) mass is 257 g/mol. The summed E-state index contributed by atoms with van der Waals surface area (Å²) in [5.74, 6) is 0.0338. The van der Waals surface area contributed by atoms with Crippen molar-refractivity contribution in [3.63, 3.8) is 0 Å². The molecule has 0 saturated carbocycles. The first kappa shape index (κ1) is 13.0. The molecule has 0 aliphatic heterocycles. The van der Waals surface area contributed by atoms with Crippen molar-refractivity contribution in [2.24, 2.45) is 0 Å². The maximum absolute atomic E-state index is 11.6. The third-order valence-corrected chi connectivity index (χ3v) is 3.94. The maximum atomic E-state index is 11.6.